The second-order valence-electron chi connectivity index (χ2n) is 11.1. The number of carbonyl (C=O) groups excluding carboxylic acids is 2. The Labute approximate surface area is 240 Å². The number of rotatable bonds is 8. The van der Waals surface area contributed by atoms with Crippen LogP contribution in [0.3, 0.4) is 0 Å². The second-order valence-corrected chi connectivity index (χ2v) is 11.8. The van der Waals surface area contributed by atoms with E-state index in [1.165, 1.54) is 5.56 Å². The number of anilines is 1. The minimum Gasteiger partial charge on any atom is -0.465 e. The molecule has 3 atom stereocenters. The predicted molar refractivity (Wildman–Crippen MR) is 161 cm³/mol. The molecule has 0 N–H and O–H groups in total. The van der Waals surface area contributed by atoms with E-state index in [0.717, 1.165) is 29.3 Å². The van der Waals surface area contributed by atoms with Gasteiger partial charge in [-0.1, -0.05) is 50.6 Å². The molecule has 0 saturated carbocycles. The second kappa shape index (κ2) is 10.8. The Kier molecular flexibility index (Phi) is 7.57. The van der Waals surface area contributed by atoms with E-state index in [2.05, 4.69) is 43.5 Å². The van der Waals surface area contributed by atoms with Gasteiger partial charge in [-0.2, -0.15) is 12.6 Å². The van der Waals surface area contributed by atoms with Gasteiger partial charge in [0, 0.05) is 18.1 Å². The molecule has 0 aromatic heterocycles. The lowest BCUT2D eigenvalue weighted by Gasteiger charge is -2.45. The van der Waals surface area contributed by atoms with Crippen molar-refractivity contribution < 1.29 is 23.8 Å². The van der Waals surface area contributed by atoms with Gasteiger partial charge in [0.15, 0.2) is 0 Å². The van der Waals surface area contributed by atoms with E-state index in [-0.39, 0.29) is 11.8 Å². The van der Waals surface area contributed by atoms with Crippen molar-refractivity contribution in [3.63, 3.8) is 0 Å². The summed E-state index contributed by atoms with van der Waals surface area (Å²) in [6.45, 7) is 8.46. The fourth-order valence-corrected chi connectivity index (χ4v) is 5.97. The third kappa shape index (κ3) is 4.72. The number of unbranched alkanes of at least 4 members (excludes halogenated alkanes) is 1. The molecule has 2 aliphatic rings. The molecule has 0 fully saturated rings. The number of likely N-dealkylation sites (N-methyl/N-ethyl adjacent to an activating group) is 1. The summed E-state index contributed by atoms with van der Waals surface area (Å²) in [6.07, 6.45) is 3.85. The van der Waals surface area contributed by atoms with E-state index in [1.807, 2.05) is 56.6 Å². The van der Waals surface area contributed by atoms with Crippen LogP contribution in [0.5, 0.6) is 11.5 Å². The SMILES string of the molecule is CCCCOC(=O)C(S)CC(C)C(=O)Oc1ccc2ccc3c(c2c1)N=CC1(O3)N(C)c2ccccc2C1(C)C. The molecule has 0 aliphatic carbocycles. The topological polar surface area (TPSA) is 77.4 Å². The molecule has 0 amide bonds. The Hall–Kier alpha value is -3.52. The lowest BCUT2D eigenvalue weighted by atomic mass is 9.77. The fraction of sp³-hybridized carbons (Fsp3) is 0.406. The van der Waals surface area contributed by atoms with Gasteiger partial charge in [0.1, 0.15) is 22.4 Å². The van der Waals surface area contributed by atoms with Gasteiger partial charge in [-0.15, -0.1) is 0 Å². The number of thiol groups is 1. The van der Waals surface area contributed by atoms with Gasteiger partial charge < -0.3 is 19.1 Å². The number of carbonyl (C=O) groups is 2. The van der Waals surface area contributed by atoms with Gasteiger partial charge in [0.2, 0.25) is 5.72 Å². The molecule has 5 rings (SSSR count). The van der Waals surface area contributed by atoms with E-state index in [4.69, 9.17) is 19.2 Å². The van der Waals surface area contributed by atoms with Crippen molar-refractivity contribution in [3.8, 4) is 11.5 Å². The summed E-state index contributed by atoms with van der Waals surface area (Å²) in [4.78, 5) is 32.1. The van der Waals surface area contributed by atoms with E-state index in [0.29, 0.717) is 23.8 Å². The van der Waals surface area contributed by atoms with Crippen LogP contribution in [0.15, 0.2) is 59.6 Å². The summed E-state index contributed by atoms with van der Waals surface area (Å²) in [5, 5.41) is 1.09. The first-order valence-corrected chi connectivity index (χ1v) is 14.3. The molecule has 2 heterocycles. The van der Waals surface area contributed by atoms with Crippen LogP contribution in [0.4, 0.5) is 11.4 Å². The van der Waals surface area contributed by atoms with E-state index >= 15 is 0 Å². The molecule has 3 aromatic carbocycles. The summed E-state index contributed by atoms with van der Waals surface area (Å²) in [5.74, 6) is -0.317. The predicted octanol–water partition coefficient (Wildman–Crippen LogP) is 6.63. The number of nitrogens with zero attached hydrogens (tertiary/aromatic N) is 2. The van der Waals surface area contributed by atoms with Crippen molar-refractivity contribution >= 4 is 52.9 Å². The summed E-state index contributed by atoms with van der Waals surface area (Å²) in [6, 6.07) is 17.7. The Morgan fingerprint density at radius 3 is 2.60 bits per heavy atom. The Morgan fingerprint density at radius 2 is 1.85 bits per heavy atom. The molecular weight excluding hydrogens is 524 g/mol. The summed E-state index contributed by atoms with van der Waals surface area (Å²) < 4.78 is 17.7. The van der Waals surface area contributed by atoms with Crippen LogP contribution in [-0.2, 0) is 19.7 Å². The average Bonchev–Trinajstić information content (AvgIpc) is 3.10. The third-order valence-corrected chi connectivity index (χ3v) is 8.53. The number of fused-ring (bicyclic) bond motifs is 4. The normalized spacial score (nSPS) is 20.0. The van der Waals surface area contributed by atoms with Crippen LogP contribution >= 0.6 is 12.6 Å². The van der Waals surface area contributed by atoms with Crippen LogP contribution in [0.25, 0.3) is 10.8 Å². The largest absolute Gasteiger partial charge is 0.465 e. The van der Waals surface area contributed by atoms with Crippen LogP contribution in [-0.4, -0.2) is 42.8 Å². The van der Waals surface area contributed by atoms with Gasteiger partial charge in [-0.05, 0) is 61.9 Å². The standard InChI is InChI=1S/C32H36N2O5S/c1-6-7-16-37-30(36)27(40)17-20(2)29(35)38-22-14-12-21-13-15-26-28(23(21)18-22)33-19-32(39-26)31(3,4)24-10-8-9-11-25(24)34(32)5/h8-15,18-20,27,40H,6-7,16-17H2,1-5H3. The first kappa shape index (κ1) is 28.0. The summed E-state index contributed by atoms with van der Waals surface area (Å²) in [5.41, 5.74) is 1.88. The number of para-hydroxylation sites is 1. The Bertz CT molecular complexity index is 1490. The molecule has 210 valence electrons. The van der Waals surface area contributed by atoms with E-state index < -0.39 is 28.8 Å². The number of aliphatic imine (C=N–C) groups is 1. The lowest BCUT2D eigenvalue weighted by molar-refractivity contribution is -0.144. The zero-order valence-electron chi connectivity index (χ0n) is 23.6. The van der Waals surface area contributed by atoms with Crippen LogP contribution < -0.4 is 14.4 Å². The molecule has 40 heavy (non-hydrogen) atoms. The summed E-state index contributed by atoms with van der Waals surface area (Å²) in [7, 11) is 2.03. The number of hydrogen-bond donors (Lipinski definition) is 1. The van der Waals surface area contributed by atoms with E-state index in [9.17, 15) is 9.59 Å². The first-order valence-electron chi connectivity index (χ1n) is 13.8. The molecule has 1 spiro atoms. The fourth-order valence-electron chi connectivity index (χ4n) is 5.58. The average molecular weight is 561 g/mol. The maximum absolute atomic E-state index is 12.9. The highest BCUT2D eigenvalue weighted by molar-refractivity contribution is 7.81. The lowest BCUT2D eigenvalue weighted by Crippen LogP contribution is -2.61. The van der Waals surface area contributed by atoms with Crippen molar-refractivity contribution in [2.75, 3.05) is 18.6 Å². The van der Waals surface area contributed by atoms with Gasteiger partial charge >= 0.3 is 11.9 Å². The van der Waals surface area contributed by atoms with E-state index in [1.54, 1.807) is 13.0 Å². The van der Waals surface area contributed by atoms with Crippen molar-refractivity contribution in [2.45, 2.75) is 63.3 Å². The van der Waals surface area contributed by atoms with Crippen LogP contribution in [0, 0.1) is 5.92 Å². The number of hydrogen-bond acceptors (Lipinski definition) is 8. The number of benzene rings is 3. The van der Waals surface area contributed by atoms with Gasteiger partial charge in [0.25, 0.3) is 0 Å². The zero-order valence-corrected chi connectivity index (χ0v) is 24.5. The van der Waals surface area contributed by atoms with Gasteiger partial charge in [0.05, 0.1) is 24.2 Å². The van der Waals surface area contributed by atoms with Gasteiger partial charge in [-0.25, -0.2) is 0 Å². The zero-order chi connectivity index (χ0) is 28.7. The molecule has 7 nitrogen and oxygen atoms in total. The molecule has 8 heteroatoms. The molecule has 3 aromatic rings. The minimum absolute atomic E-state index is 0.224. The Balaban J connectivity index is 1.35. The number of esters is 2. The first-order chi connectivity index (χ1) is 19.1. The van der Waals surface area contributed by atoms with Crippen molar-refractivity contribution in [1.82, 2.24) is 0 Å². The molecule has 3 unspecified atom stereocenters. The van der Waals surface area contributed by atoms with Crippen LogP contribution in [0.2, 0.25) is 0 Å². The van der Waals surface area contributed by atoms with Crippen molar-refractivity contribution in [1.29, 1.82) is 0 Å². The highest BCUT2D eigenvalue weighted by Crippen LogP contribution is 2.54. The summed E-state index contributed by atoms with van der Waals surface area (Å²) >= 11 is 4.34. The maximum atomic E-state index is 12.9. The monoisotopic (exact) mass is 560 g/mol. The Morgan fingerprint density at radius 1 is 1.10 bits per heavy atom. The maximum Gasteiger partial charge on any atom is 0.318 e. The molecule has 2 aliphatic heterocycles. The van der Waals surface area contributed by atoms with Crippen molar-refractivity contribution in [2.24, 2.45) is 10.9 Å². The van der Waals surface area contributed by atoms with Crippen LogP contribution in [0.1, 0.15) is 52.5 Å². The smallest absolute Gasteiger partial charge is 0.318 e. The highest BCUT2D eigenvalue weighted by atomic mass is 32.1. The van der Waals surface area contributed by atoms with Crippen molar-refractivity contribution in [3.05, 3.63) is 60.2 Å². The molecular formula is C32H36N2O5S. The molecule has 0 bridgehead atoms. The molecule has 0 saturated heterocycles. The number of ether oxygens (including phenoxy) is 3. The van der Waals surface area contributed by atoms with Gasteiger partial charge in [-0.3, -0.25) is 14.6 Å². The third-order valence-electron chi connectivity index (χ3n) is 8.11. The minimum atomic E-state index is -0.780. The quantitative estimate of drug-likeness (QED) is 0.144. The highest BCUT2D eigenvalue weighted by Gasteiger charge is 2.58. The molecule has 0 radical (unpaired) electrons.